The van der Waals surface area contributed by atoms with Gasteiger partial charge in [0, 0.05) is 0 Å². The van der Waals surface area contributed by atoms with Crippen LogP contribution in [-0.4, -0.2) is 6.37 Å². The van der Waals surface area contributed by atoms with E-state index in [1.54, 1.807) is 0 Å². The number of hydrogen-bond donors (Lipinski definition) is 2. The van der Waals surface area contributed by atoms with Crippen molar-refractivity contribution in [3.05, 3.63) is 0 Å². The summed E-state index contributed by atoms with van der Waals surface area (Å²) in [7, 11) is 0. The second-order valence-corrected chi connectivity index (χ2v) is 1.67. The third kappa shape index (κ3) is 12600. The molecule has 0 aliphatic carbocycles. The molecule has 0 aliphatic heterocycles. The quantitative estimate of drug-likeness (QED) is 0.588. The minimum atomic E-state index is -3.79. The molecule has 10 heavy (non-hydrogen) atoms. The van der Waals surface area contributed by atoms with Crippen LogP contribution in [0, 0.1) is 0 Å². The third-order valence-corrected chi connectivity index (χ3v) is 0. The number of halogens is 6. The van der Waals surface area contributed by atoms with Crippen molar-refractivity contribution in [1.82, 2.24) is 0 Å². The molecule has 3 nitrogen and oxygen atoms in total. The second-order valence-electron chi connectivity index (χ2n) is 0.283. The van der Waals surface area contributed by atoms with Gasteiger partial charge in [-0.05, 0) is 0 Å². The second kappa shape index (κ2) is 60.7. The molecule has 0 aliphatic rings. The Kier molecular flexibility index (Phi) is 514. The predicted molar refractivity (Wildman–Crippen MR) is 20.1 cm³/mol. The SMILES string of the molecule is F.F.F.F.F.F.[O]=[Zr]([OH])[OH]. The van der Waals surface area contributed by atoms with Gasteiger partial charge in [-0.1, -0.05) is 0 Å². The molecule has 0 radical (unpaired) electrons. The molecule has 2 N–H and O–H groups in total. The van der Waals surface area contributed by atoms with Gasteiger partial charge >= 0.3 is 31.8 Å². The van der Waals surface area contributed by atoms with Crippen LogP contribution >= 0.6 is 0 Å². The maximum absolute atomic E-state index is 8.84. The Morgan fingerprint density at radius 1 is 0.700 bits per heavy atom. The molecule has 0 bridgehead atoms. The molecule has 10 heteroatoms. The van der Waals surface area contributed by atoms with Crippen molar-refractivity contribution in [3.8, 4) is 0 Å². The van der Waals surface area contributed by atoms with Crippen LogP contribution < -0.4 is 0 Å². The van der Waals surface area contributed by atoms with E-state index in [4.69, 9.17) is 9.18 Å². The summed E-state index contributed by atoms with van der Waals surface area (Å²) >= 11 is -3.79. The van der Waals surface area contributed by atoms with E-state index < -0.39 is 22.6 Å². The molecule has 0 rings (SSSR count). The van der Waals surface area contributed by atoms with E-state index in [9.17, 15) is 0 Å². The van der Waals surface area contributed by atoms with Gasteiger partial charge in [-0.25, -0.2) is 0 Å². The Labute approximate surface area is 60.6 Å². The van der Waals surface area contributed by atoms with Crippen molar-refractivity contribution in [1.29, 1.82) is 0 Å². The van der Waals surface area contributed by atoms with Crippen LogP contribution in [0.5, 0.6) is 0 Å². The summed E-state index contributed by atoms with van der Waals surface area (Å²) in [5.41, 5.74) is 0. The Hall–Kier alpha value is 0.183. The van der Waals surface area contributed by atoms with Crippen LogP contribution in [0.3, 0.4) is 0 Å². The molecule has 0 spiro atoms. The fourth-order valence-electron chi connectivity index (χ4n) is 0. The van der Waals surface area contributed by atoms with E-state index in [1.165, 1.54) is 0 Å². The number of rotatable bonds is 0. The first-order valence-corrected chi connectivity index (χ1v) is 3.85. The van der Waals surface area contributed by atoms with Gasteiger partial charge in [0.1, 0.15) is 0 Å². The van der Waals surface area contributed by atoms with E-state index in [-0.39, 0.29) is 28.2 Å². The topological polar surface area (TPSA) is 57.5 Å². The van der Waals surface area contributed by atoms with Gasteiger partial charge in [0.15, 0.2) is 0 Å². The average Bonchev–Trinajstić information content (AvgIpc) is 0.811. The molecule has 0 heterocycles. The van der Waals surface area contributed by atoms with E-state index in [0.29, 0.717) is 0 Å². The molecule has 0 aromatic rings. The average molecular weight is 261 g/mol. The third-order valence-electron chi connectivity index (χ3n) is 0. The summed E-state index contributed by atoms with van der Waals surface area (Å²) in [4.78, 5) is 0. The molecule has 0 unspecified atom stereocenters. The van der Waals surface area contributed by atoms with Crippen molar-refractivity contribution in [2.45, 2.75) is 0 Å². The predicted octanol–water partition coefficient (Wildman–Crippen LogP) is -0.320. The summed E-state index contributed by atoms with van der Waals surface area (Å²) in [6.07, 6.45) is 0. The monoisotopic (exact) mass is 260 g/mol. The van der Waals surface area contributed by atoms with Crippen LogP contribution in [0.2, 0.25) is 0 Å². The van der Waals surface area contributed by atoms with Crippen molar-refractivity contribution < 1.29 is 60.0 Å². The van der Waals surface area contributed by atoms with Crippen LogP contribution in [0.4, 0.5) is 28.2 Å². The van der Waals surface area contributed by atoms with Crippen LogP contribution in [0.25, 0.3) is 0 Å². The van der Waals surface area contributed by atoms with Gasteiger partial charge in [-0.15, -0.1) is 0 Å². The Morgan fingerprint density at radius 2 is 0.700 bits per heavy atom. The molecule has 0 amide bonds. The first-order valence-electron chi connectivity index (χ1n) is 0.651. The standard InChI is InChI=1S/6FH.2H2O.O.Zr/h6*1H;2*1H2;;/q;;;;;;;;;+2/p-2. The number of hydrogen-bond acceptors (Lipinski definition) is 1. The maximum atomic E-state index is 8.84. The first kappa shape index (κ1) is 84.8. The Morgan fingerprint density at radius 3 is 0.700 bits per heavy atom. The molecule has 0 saturated carbocycles. The van der Waals surface area contributed by atoms with E-state index in [1.807, 2.05) is 0 Å². The normalized spacial score (nSPS) is 2.60. The van der Waals surface area contributed by atoms with Crippen LogP contribution in [-0.2, 0) is 25.4 Å². The van der Waals surface area contributed by atoms with Crippen LogP contribution in [0.1, 0.15) is 0 Å². The summed E-state index contributed by atoms with van der Waals surface area (Å²) in [5, 5.41) is 0. The molecular weight excluding hydrogens is 253 g/mol. The summed E-state index contributed by atoms with van der Waals surface area (Å²) < 4.78 is 23.3. The molecule has 0 aromatic carbocycles. The molecular formula is H8F6O3Zr. The molecule has 0 fully saturated rings. The zero-order valence-electron chi connectivity index (χ0n) is 4.25. The summed E-state index contributed by atoms with van der Waals surface area (Å²) in [5.74, 6) is 0. The Bertz CT molecular complexity index is 36.0. The van der Waals surface area contributed by atoms with Gasteiger partial charge in [0.05, 0.1) is 0 Å². The molecule has 0 atom stereocenters. The van der Waals surface area contributed by atoms with Gasteiger partial charge in [0.25, 0.3) is 0 Å². The molecule has 0 saturated heterocycles. The zero-order chi connectivity index (χ0) is 3.58. The van der Waals surface area contributed by atoms with Gasteiger partial charge in [-0.3, -0.25) is 28.2 Å². The van der Waals surface area contributed by atoms with Crippen molar-refractivity contribution in [2.24, 2.45) is 0 Å². The molecule has 0 aromatic heterocycles. The minimum absolute atomic E-state index is 0. The fourth-order valence-corrected chi connectivity index (χ4v) is 0. The van der Waals surface area contributed by atoms with Crippen molar-refractivity contribution in [2.75, 3.05) is 0 Å². The Balaban J connectivity index is -0.00000000300. The fraction of sp³-hybridized carbons (Fsp3) is 0. The van der Waals surface area contributed by atoms with Gasteiger partial charge in [-0.2, -0.15) is 0 Å². The summed E-state index contributed by atoms with van der Waals surface area (Å²) in [6, 6.07) is 0. The first-order chi connectivity index (χ1) is 1.73. The van der Waals surface area contributed by atoms with Gasteiger partial charge < -0.3 is 0 Å². The van der Waals surface area contributed by atoms with Crippen molar-refractivity contribution in [3.63, 3.8) is 0 Å². The van der Waals surface area contributed by atoms with Gasteiger partial charge in [0.2, 0.25) is 0 Å². The van der Waals surface area contributed by atoms with E-state index in [0.717, 1.165) is 0 Å². The van der Waals surface area contributed by atoms with E-state index >= 15 is 0 Å². The summed E-state index contributed by atoms with van der Waals surface area (Å²) in [6.45, 7) is 0. The van der Waals surface area contributed by atoms with E-state index in [2.05, 4.69) is 0 Å². The van der Waals surface area contributed by atoms with Crippen molar-refractivity contribution >= 4 is 0 Å². The zero-order valence-corrected chi connectivity index (χ0v) is 6.71. The van der Waals surface area contributed by atoms with Crippen LogP contribution in [0.15, 0.2) is 0 Å². The molecule has 72 valence electrons.